The van der Waals surface area contributed by atoms with E-state index in [0.29, 0.717) is 44.1 Å². The fraction of sp³-hybridized carbons (Fsp3) is 0.914. The van der Waals surface area contributed by atoms with E-state index in [2.05, 4.69) is 6.92 Å². The Balaban J connectivity index is 1.46. The van der Waals surface area contributed by atoms with E-state index in [1.807, 2.05) is 0 Å². The molecule has 8 heteroatoms. The molecule has 2 aliphatic heterocycles. The molecule has 2 aliphatic rings. The van der Waals surface area contributed by atoms with Crippen molar-refractivity contribution in [3.63, 3.8) is 0 Å². The molecule has 0 aliphatic carbocycles. The number of unbranched alkanes of at least 4 members (excludes halogenated alkanes) is 11. The summed E-state index contributed by atoms with van der Waals surface area (Å²) >= 11 is 0. The number of ether oxygens (including phenoxy) is 2. The van der Waals surface area contributed by atoms with Gasteiger partial charge in [0, 0.05) is 12.0 Å². The topological polar surface area (TPSA) is 137 Å². The normalized spacial score (nSPS) is 24.0. The van der Waals surface area contributed by atoms with E-state index in [9.17, 15) is 30.3 Å². The molecule has 0 unspecified atom stereocenters. The zero-order valence-electron chi connectivity index (χ0n) is 27.2. The molecule has 2 heterocycles. The second kappa shape index (κ2) is 22.5. The van der Waals surface area contributed by atoms with Crippen molar-refractivity contribution in [3.05, 3.63) is 11.6 Å². The molecule has 252 valence electrons. The first-order chi connectivity index (χ1) is 20.7. The maximum atomic E-state index is 11.7. The zero-order chi connectivity index (χ0) is 31.5. The van der Waals surface area contributed by atoms with E-state index in [-0.39, 0.29) is 24.3 Å². The summed E-state index contributed by atoms with van der Waals surface area (Å²) in [6.45, 7) is 4.04. The molecule has 0 saturated carbocycles. The maximum Gasteiger partial charge on any atom is 0.334 e. The minimum Gasteiger partial charge on any atom is -0.455 e. The molecule has 0 amide bonds. The second-order valence-corrected chi connectivity index (χ2v) is 13.3. The number of rotatable bonds is 26. The third kappa shape index (κ3) is 16.2. The summed E-state index contributed by atoms with van der Waals surface area (Å²) in [6, 6.07) is 0. The highest BCUT2D eigenvalue weighted by Gasteiger charge is 2.34. The third-order valence-corrected chi connectivity index (χ3v) is 9.22. The predicted molar refractivity (Wildman–Crippen MR) is 170 cm³/mol. The minimum atomic E-state index is -0.833. The average molecular weight is 613 g/mol. The van der Waals surface area contributed by atoms with Crippen LogP contribution in [0, 0.1) is 0 Å². The molecule has 0 radical (unpaired) electrons. The molecule has 43 heavy (non-hydrogen) atoms. The van der Waals surface area contributed by atoms with Crippen molar-refractivity contribution < 1.29 is 39.8 Å². The summed E-state index contributed by atoms with van der Waals surface area (Å²) in [5, 5.41) is 52.1. The molecule has 8 atom stereocenters. The number of esters is 1. The van der Waals surface area contributed by atoms with Crippen LogP contribution in [0.2, 0.25) is 0 Å². The predicted octanol–water partition coefficient (Wildman–Crippen LogP) is 6.03. The molecular weight excluding hydrogens is 548 g/mol. The lowest BCUT2D eigenvalue weighted by Crippen LogP contribution is -2.31. The lowest BCUT2D eigenvalue weighted by molar-refractivity contribution is -0.139. The molecule has 0 aromatic carbocycles. The quantitative estimate of drug-likeness (QED) is 0.0590. The first kappa shape index (κ1) is 38.2. The summed E-state index contributed by atoms with van der Waals surface area (Å²) in [7, 11) is 0. The van der Waals surface area contributed by atoms with Crippen LogP contribution in [0.3, 0.4) is 0 Å². The van der Waals surface area contributed by atoms with Crippen molar-refractivity contribution in [2.75, 3.05) is 0 Å². The van der Waals surface area contributed by atoms with Gasteiger partial charge in [-0.05, 0) is 64.4 Å². The molecule has 8 nitrogen and oxygen atoms in total. The van der Waals surface area contributed by atoms with E-state index in [1.54, 1.807) is 13.0 Å². The number of carbonyl (C=O) groups excluding carboxylic acids is 1. The van der Waals surface area contributed by atoms with E-state index in [0.717, 1.165) is 51.4 Å². The molecular formula is C35H64O8. The summed E-state index contributed by atoms with van der Waals surface area (Å²) < 4.78 is 11.1. The average Bonchev–Trinajstić information content (AvgIpc) is 3.59. The lowest BCUT2D eigenvalue weighted by Gasteiger charge is -2.23. The van der Waals surface area contributed by atoms with Crippen LogP contribution in [-0.4, -0.2) is 80.3 Å². The van der Waals surface area contributed by atoms with Gasteiger partial charge in [0.1, 0.15) is 6.10 Å². The lowest BCUT2D eigenvalue weighted by atomic mass is 9.97. The van der Waals surface area contributed by atoms with Crippen LogP contribution < -0.4 is 0 Å². The molecule has 2 rings (SSSR count). The van der Waals surface area contributed by atoms with Crippen molar-refractivity contribution in [1.82, 2.24) is 0 Å². The van der Waals surface area contributed by atoms with Gasteiger partial charge in [-0.3, -0.25) is 0 Å². The van der Waals surface area contributed by atoms with Crippen LogP contribution in [0.5, 0.6) is 0 Å². The molecule has 0 aromatic heterocycles. The van der Waals surface area contributed by atoms with E-state index < -0.39 is 30.5 Å². The first-order valence-electron chi connectivity index (χ1n) is 17.7. The fourth-order valence-electron chi connectivity index (χ4n) is 6.44. The highest BCUT2D eigenvalue weighted by Crippen LogP contribution is 2.28. The number of aliphatic hydroxyl groups excluding tert-OH is 5. The van der Waals surface area contributed by atoms with Crippen LogP contribution in [0.15, 0.2) is 11.6 Å². The van der Waals surface area contributed by atoms with Gasteiger partial charge in [-0.15, -0.1) is 0 Å². The van der Waals surface area contributed by atoms with Gasteiger partial charge < -0.3 is 35.0 Å². The number of carbonyl (C=O) groups is 1. The largest absolute Gasteiger partial charge is 0.455 e. The maximum absolute atomic E-state index is 11.7. The van der Waals surface area contributed by atoms with Crippen LogP contribution in [0.4, 0.5) is 0 Å². The summed E-state index contributed by atoms with van der Waals surface area (Å²) in [5.74, 6) is -0.343. The fourth-order valence-corrected chi connectivity index (χ4v) is 6.44. The Labute approximate surface area is 261 Å². The van der Waals surface area contributed by atoms with E-state index in [1.165, 1.54) is 51.4 Å². The van der Waals surface area contributed by atoms with Crippen LogP contribution in [0.25, 0.3) is 0 Å². The Morgan fingerprint density at radius 3 is 1.70 bits per heavy atom. The Bertz CT molecular complexity index is 758. The molecule has 0 spiro atoms. The molecule has 0 aromatic rings. The molecule has 5 N–H and O–H groups in total. The van der Waals surface area contributed by atoms with Crippen LogP contribution >= 0.6 is 0 Å². The van der Waals surface area contributed by atoms with Gasteiger partial charge >= 0.3 is 5.97 Å². The molecule has 1 fully saturated rings. The molecule has 0 bridgehead atoms. The van der Waals surface area contributed by atoms with Crippen LogP contribution in [-0.2, 0) is 14.3 Å². The van der Waals surface area contributed by atoms with Crippen LogP contribution in [0.1, 0.15) is 155 Å². The summed E-state index contributed by atoms with van der Waals surface area (Å²) in [6.07, 6.45) is 17.9. The van der Waals surface area contributed by atoms with Crippen molar-refractivity contribution >= 4 is 5.97 Å². The van der Waals surface area contributed by atoms with E-state index >= 15 is 0 Å². The van der Waals surface area contributed by atoms with Gasteiger partial charge in [0.2, 0.25) is 0 Å². The van der Waals surface area contributed by atoms with Gasteiger partial charge in [0.15, 0.2) is 0 Å². The summed E-state index contributed by atoms with van der Waals surface area (Å²) in [4.78, 5) is 11.7. The SMILES string of the molecule is CCCCCCCCCCCC[C@@H](O)[C@H]1CC[C@H]([C@H](O)CCC[C@H](O)[C@@H](O)CCCCC[C@@H](O)CC2=C[C@H](C)OC2=O)O1. The Morgan fingerprint density at radius 1 is 0.674 bits per heavy atom. The highest BCUT2D eigenvalue weighted by atomic mass is 16.5. The number of hydrogen-bond acceptors (Lipinski definition) is 8. The third-order valence-electron chi connectivity index (χ3n) is 9.22. The van der Waals surface area contributed by atoms with Crippen molar-refractivity contribution in [2.45, 2.75) is 204 Å². The minimum absolute atomic E-state index is 0.202. The van der Waals surface area contributed by atoms with Crippen molar-refractivity contribution in [2.24, 2.45) is 0 Å². The number of aliphatic hydroxyl groups is 5. The Kier molecular flexibility index (Phi) is 19.9. The highest BCUT2D eigenvalue weighted by molar-refractivity contribution is 5.90. The van der Waals surface area contributed by atoms with Gasteiger partial charge in [-0.2, -0.15) is 0 Å². The van der Waals surface area contributed by atoms with Gasteiger partial charge in [-0.25, -0.2) is 4.79 Å². The van der Waals surface area contributed by atoms with Gasteiger partial charge in [0.25, 0.3) is 0 Å². The smallest absolute Gasteiger partial charge is 0.334 e. The second-order valence-electron chi connectivity index (χ2n) is 13.3. The Hall–Kier alpha value is -1.03. The zero-order valence-corrected chi connectivity index (χ0v) is 27.2. The molecule has 1 saturated heterocycles. The first-order valence-corrected chi connectivity index (χ1v) is 17.7. The number of cyclic esters (lactones) is 1. The standard InChI is InChI=1S/C35H64O8/c1-3-4-5-6-7-8-9-10-11-14-19-31(39)33-22-23-34(43-33)32(40)21-16-20-30(38)29(37)18-15-12-13-17-28(36)25-27-24-26(2)42-35(27)41/h24,26,28-34,36-40H,3-23,25H2,1-2H3/t26-,28+,29-,30-,31+,32+,33+,34+/m0/s1. The van der Waals surface area contributed by atoms with Gasteiger partial charge in [0.05, 0.1) is 42.7 Å². The summed E-state index contributed by atoms with van der Waals surface area (Å²) in [5.41, 5.74) is 0.542. The van der Waals surface area contributed by atoms with Crippen molar-refractivity contribution in [1.29, 1.82) is 0 Å². The van der Waals surface area contributed by atoms with Crippen molar-refractivity contribution in [3.8, 4) is 0 Å². The Morgan fingerprint density at radius 2 is 1.14 bits per heavy atom. The monoisotopic (exact) mass is 612 g/mol. The van der Waals surface area contributed by atoms with Gasteiger partial charge in [-0.1, -0.05) is 90.4 Å². The van der Waals surface area contributed by atoms with E-state index in [4.69, 9.17) is 9.47 Å². The number of hydrogen-bond donors (Lipinski definition) is 5.